The van der Waals surface area contributed by atoms with E-state index in [-0.39, 0.29) is 16.1 Å². The van der Waals surface area contributed by atoms with Gasteiger partial charge in [-0.05, 0) is 17.7 Å². The maximum Gasteiger partial charge on any atom is 0.240 e. The Morgan fingerprint density at radius 1 is 0.762 bits per heavy atom. The quantitative estimate of drug-likeness (QED) is 0.690. The second-order valence-electron chi connectivity index (χ2n) is 4.34. The van der Waals surface area contributed by atoms with E-state index >= 15 is 0 Å². The van der Waals surface area contributed by atoms with E-state index in [4.69, 9.17) is 16.0 Å². The Bertz CT molecular complexity index is 892. The lowest BCUT2D eigenvalue weighted by Crippen LogP contribution is -2.18. The molecule has 0 aliphatic heterocycles. The summed E-state index contributed by atoms with van der Waals surface area (Å²) in [5.41, 5.74) is 6.26. The first-order valence-corrected chi connectivity index (χ1v) is 8.74. The van der Waals surface area contributed by atoms with Gasteiger partial charge in [0, 0.05) is 5.56 Å². The second-order valence-corrected chi connectivity index (χ2v) is 7.40. The van der Waals surface area contributed by atoms with E-state index in [9.17, 15) is 16.8 Å². The van der Waals surface area contributed by atoms with Crippen molar-refractivity contribution in [3.05, 3.63) is 42.5 Å². The highest BCUT2D eigenvalue weighted by Crippen LogP contribution is 2.32. The summed E-state index contributed by atoms with van der Waals surface area (Å²) in [6, 6.07) is 10.6. The molecule has 2 rings (SSSR count). The number of anilines is 1. The largest absolute Gasteiger partial charge is 0.398 e. The van der Waals surface area contributed by atoms with Gasteiger partial charge in [0.2, 0.25) is 20.0 Å². The smallest absolute Gasteiger partial charge is 0.240 e. The average Bonchev–Trinajstić information content (AvgIpc) is 2.36. The van der Waals surface area contributed by atoms with E-state index in [1.807, 2.05) is 0 Å². The molecule has 112 valence electrons. The van der Waals surface area contributed by atoms with Gasteiger partial charge in [-0.15, -0.1) is 0 Å². The predicted molar refractivity (Wildman–Crippen MR) is 79.0 cm³/mol. The Labute approximate surface area is 122 Å². The number of nitrogen functional groups attached to an aromatic ring is 1. The van der Waals surface area contributed by atoms with Gasteiger partial charge in [-0.3, -0.25) is 0 Å². The number of sulfonamides is 2. The summed E-state index contributed by atoms with van der Waals surface area (Å²) in [6.07, 6.45) is 0. The zero-order valence-electron chi connectivity index (χ0n) is 10.7. The Morgan fingerprint density at radius 2 is 1.29 bits per heavy atom. The molecule has 0 spiro atoms. The minimum Gasteiger partial charge on any atom is -0.398 e. The van der Waals surface area contributed by atoms with Gasteiger partial charge < -0.3 is 5.73 Å². The van der Waals surface area contributed by atoms with Crippen molar-refractivity contribution in [3.8, 4) is 11.1 Å². The molecule has 9 heteroatoms. The van der Waals surface area contributed by atoms with E-state index < -0.39 is 24.9 Å². The SMILES string of the molecule is Nc1cc(-c2ccccc2)c(S(N)(=O)=O)cc1S(N)(=O)=O. The first-order valence-electron chi connectivity index (χ1n) is 5.65. The van der Waals surface area contributed by atoms with Crippen molar-refractivity contribution in [1.29, 1.82) is 0 Å². The zero-order valence-corrected chi connectivity index (χ0v) is 12.4. The summed E-state index contributed by atoms with van der Waals surface area (Å²) in [6.45, 7) is 0. The molecule has 0 aliphatic carbocycles. The molecule has 0 saturated heterocycles. The molecule has 0 heterocycles. The van der Waals surface area contributed by atoms with Crippen LogP contribution in [0.2, 0.25) is 0 Å². The van der Waals surface area contributed by atoms with Crippen LogP contribution in [0.25, 0.3) is 11.1 Å². The van der Waals surface area contributed by atoms with Crippen molar-refractivity contribution >= 4 is 25.7 Å². The van der Waals surface area contributed by atoms with Crippen molar-refractivity contribution in [2.45, 2.75) is 9.79 Å². The third-order valence-electron chi connectivity index (χ3n) is 2.81. The van der Waals surface area contributed by atoms with E-state index in [0.29, 0.717) is 5.56 Å². The van der Waals surface area contributed by atoms with Crippen LogP contribution in [0.15, 0.2) is 52.3 Å². The zero-order chi connectivity index (χ0) is 15.8. The number of benzene rings is 2. The van der Waals surface area contributed by atoms with Crippen molar-refractivity contribution in [1.82, 2.24) is 0 Å². The van der Waals surface area contributed by atoms with Gasteiger partial charge in [0.05, 0.1) is 10.6 Å². The molecule has 21 heavy (non-hydrogen) atoms. The first-order chi connectivity index (χ1) is 9.60. The molecule has 0 amide bonds. The van der Waals surface area contributed by atoms with Gasteiger partial charge in [-0.1, -0.05) is 30.3 Å². The topological polar surface area (TPSA) is 146 Å². The van der Waals surface area contributed by atoms with Crippen LogP contribution in [0.5, 0.6) is 0 Å². The summed E-state index contributed by atoms with van der Waals surface area (Å²) >= 11 is 0. The molecule has 6 N–H and O–H groups in total. The van der Waals surface area contributed by atoms with Gasteiger partial charge in [0.15, 0.2) is 0 Å². The standard InChI is InChI=1S/C12H13N3O4S2/c13-10-6-9(8-4-2-1-3-5-8)11(20(14,16)17)7-12(10)21(15,18)19/h1-7H,13H2,(H2,14,16,17)(H2,15,18,19). The van der Waals surface area contributed by atoms with Crippen molar-refractivity contribution in [2.24, 2.45) is 10.3 Å². The van der Waals surface area contributed by atoms with Gasteiger partial charge in [-0.25, -0.2) is 27.1 Å². The Hall–Kier alpha value is -1.94. The average molecular weight is 327 g/mol. The van der Waals surface area contributed by atoms with Crippen LogP contribution in [0, 0.1) is 0 Å². The molecular formula is C12H13N3O4S2. The molecule has 0 aliphatic rings. The summed E-state index contributed by atoms with van der Waals surface area (Å²) in [5, 5.41) is 10.2. The van der Waals surface area contributed by atoms with Gasteiger partial charge in [0.25, 0.3) is 0 Å². The molecular weight excluding hydrogens is 314 g/mol. The normalized spacial score (nSPS) is 12.3. The molecule has 0 unspecified atom stereocenters. The molecule has 0 bridgehead atoms. The Kier molecular flexibility index (Phi) is 3.76. The third kappa shape index (κ3) is 3.22. The van der Waals surface area contributed by atoms with E-state index in [1.165, 1.54) is 6.07 Å². The van der Waals surface area contributed by atoms with Gasteiger partial charge in [0.1, 0.15) is 4.90 Å². The van der Waals surface area contributed by atoms with E-state index in [2.05, 4.69) is 0 Å². The lowest BCUT2D eigenvalue weighted by atomic mass is 10.1. The fraction of sp³-hybridized carbons (Fsp3) is 0. The molecule has 2 aromatic carbocycles. The number of primary sulfonamides is 2. The number of hydrogen-bond acceptors (Lipinski definition) is 5. The van der Waals surface area contributed by atoms with Crippen LogP contribution >= 0.6 is 0 Å². The van der Waals surface area contributed by atoms with E-state index in [0.717, 1.165) is 6.07 Å². The molecule has 0 fully saturated rings. The predicted octanol–water partition coefficient (Wildman–Crippen LogP) is 0.231. The first kappa shape index (κ1) is 15.4. The molecule has 0 saturated carbocycles. The summed E-state index contributed by atoms with van der Waals surface area (Å²) in [5.74, 6) is 0. The maximum absolute atomic E-state index is 11.7. The lowest BCUT2D eigenvalue weighted by molar-refractivity contribution is 0.596. The minimum atomic E-state index is -4.16. The molecule has 0 aromatic heterocycles. The van der Waals surface area contributed by atoms with Crippen molar-refractivity contribution in [2.75, 3.05) is 5.73 Å². The van der Waals surface area contributed by atoms with Crippen LogP contribution in [0.1, 0.15) is 0 Å². The summed E-state index contributed by atoms with van der Waals surface area (Å²) < 4.78 is 46.3. The van der Waals surface area contributed by atoms with Crippen LogP contribution in [-0.4, -0.2) is 16.8 Å². The monoisotopic (exact) mass is 327 g/mol. The Morgan fingerprint density at radius 3 is 1.76 bits per heavy atom. The van der Waals surface area contributed by atoms with Crippen LogP contribution in [-0.2, 0) is 20.0 Å². The highest BCUT2D eigenvalue weighted by Gasteiger charge is 2.22. The summed E-state index contributed by atoms with van der Waals surface area (Å²) in [4.78, 5) is -0.835. The number of nitrogens with two attached hydrogens (primary N) is 3. The van der Waals surface area contributed by atoms with E-state index in [1.54, 1.807) is 30.3 Å². The Balaban J connectivity index is 2.88. The highest BCUT2D eigenvalue weighted by atomic mass is 32.2. The number of rotatable bonds is 3. The minimum absolute atomic E-state index is 0.149. The van der Waals surface area contributed by atoms with Crippen LogP contribution in [0.3, 0.4) is 0 Å². The fourth-order valence-electron chi connectivity index (χ4n) is 1.90. The van der Waals surface area contributed by atoms with Gasteiger partial charge >= 0.3 is 0 Å². The lowest BCUT2D eigenvalue weighted by Gasteiger charge is -2.12. The molecule has 0 radical (unpaired) electrons. The molecule has 0 atom stereocenters. The molecule has 7 nitrogen and oxygen atoms in total. The number of hydrogen-bond donors (Lipinski definition) is 3. The van der Waals surface area contributed by atoms with Crippen molar-refractivity contribution < 1.29 is 16.8 Å². The van der Waals surface area contributed by atoms with Crippen LogP contribution < -0.4 is 16.0 Å². The third-order valence-corrected chi connectivity index (χ3v) is 4.73. The van der Waals surface area contributed by atoms with Crippen molar-refractivity contribution in [3.63, 3.8) is 0 Å². The fourth-order valence-corrected chi connectivity index (χ4v) is 3.41. The molecule has 2 aromatic rings. The summed E-state index contributed by atoms with van der Waals surface area (Å²) in [7, 11) is -8.32. The highest BCUT2D eigenvalue weighted by molar-refractivity contribution is 7.90. The maximum atomic E-state index is 11.7. The van der Waals surface area contributed by atoms with Gasteiger partial charge in [-0.2, -0.15) is 0 Å². The van der Waals surface area contributed by atoms with Crippen LogP contribution in [0.4, 0.5) is 5.69 Å². The second kappa shape index (κ2) is 5.11.